The lowest BCUT2D eigenvalue weighted by molar-refractivity contribution is -0.142. The van der Waals surface area contributed by atoms with Crippen LogP contribution in [0.1, 0.15) is 128 Å². The van der Waals surface area contributed by atoms with Gasteiger partial charge in [0.05, 0.1) is 0 Å². The second-order valence-corrected chi connectivity index (χ2v) is 9.22. The lowest BCUT2D eigenvalue weighted by Gasteiger charge is -2.14. The highest BCUT2D eigenvalue weighted by atomic mass is 16.4. The highest BCUT2D eigenvalue weighted by Gasteiger charge is 2.20. The molecule has 1 unspecified atom stereocenters. The number of hydrogen-bond donors (Lipinski definition) is 4. The molecule has 0 heterocycles. The first-order valence-electron chi connectivity index (χ1n) is 13.3. The molecule has 0 aliphatic carbocycles. The van der Waals surface area contributed by atoms with Gasteiger partial charge in [-0.05, 0) is 19.3 Å². The van der Waals surface area contributed by atoms with Gasteiger partial charge in [0.2, 0.25) is 11.8 Å². The van der Waals surface area contributed by atoms with Crippen LogP contribution in [0.3, 0.4) is 0 Å². The fourth-order valence-corrected chi connectivity index (χ4v) is 3.96. The van der Waals surface area contributed by atoms with E-state index in [4.69, 9.17) is 5.11 Å². The van der Waals surface area contributed by atoms with Crippen molar-refractivity contribution >= 4 is 23.8 Å². The van der Waals surface area contributed by atoms with Crippen molar-refractivity contribution < 1.29 is 29.4 Å². The number of hydrogen-bond acceptors (Lipinski definition) is 4. The number of unbranched alkanes of at least 4 members (excludes halogenated alkanes) is 15. The van der Waals surface area contributed by atoms with Crippen molar-refractivity contribution in [1.82, 2.24) is 10.6 Å². The number of carboxylic acids is 2. The maximum atomic E-state index is 12.0. The monoisotopic (exact) mass is 484 g/mol. The van der Waals surface area contributed by atoms with E-state index in [9.17, 15) is 24.3 Å². The van der Waals surface area contributed by atoms with Gasteiger partial charge >= 0.3 is 11.9 Å². The number of amides is 2. The number of carboxylic acid groups (broad SMARTS) is 2. The van der Waals surface area contributed by atoms with Gasteiger partial charge in [0, 0.05) is 26.3 Å². The van der Waals surface area contributed by atoms with Crippen molar-refractivity contribution in [3.05, 3.63) is 0 Å². The average Bonchev–Trinajstić information content (AvgIpc) is 2.80. The van der Waals surface area contributed by atoms with Gasteiger partial charge in [0.15, 0.2) is 0 Å². The normalized spacial score (nSPS) is 11.7. The zero-order chi connectivity index (χ0) is 25.4. The molecule has 34 heavy (non-hydrogen) atoms. The van der Waals surface area contributed by atoms with Gasteiger partial charge in [0.1, 0.15) is 6.04 Å². The third kappa shape index (κ3) is 21.7. The summed E-state index contributed by atoms with van der Waals surface area (Å²) in [6.07, 6.45) is 19.2. The van der Waals surface area contributed by atoms with Crippen molar-refractivity contribution in [3.63, 3.8) is 0 Å². The summed E-state index contributed by atoms with van der Waals surface area (Å²) in [7, 11) is 1.50. The third-order valence-electron chi connectivity index (χ3n) is 6.12. The zero-order valence-corrected chi connectivity index (χ0v) is 21.2. The summed E-state index contributed by atoms with van der Waals surface area (Å²) >= 11 is 0. The van der Waals surface area contributed by atoms with E-state index in [0.717, 1.165) is 38.5 Å². The predicted molar refractivity (Wildman–Crippen MR) is 134 cm³/mol. The van der Waals surface area contributed by atoms with Crippen LogP contribution >= 0.6 is 0 Å². The molecule has 4 N–H and O–H groups in total. The molecule has 198 valence electrons. The molecule has 1 atom stereocenters. The van der Waals surface area contributed by atoms with E-state index in [1.54, 1.807) is 0 Å². The van der Waals surface area contributed by atoms with Crippen LogP contribution in [-0.2, 0) is 19.2 Å². The fourth-order valence-electron chi connectivity index (χ4n) is 3.96. The molecule has 8 nitrogen and oxygen atoms in total. The Labute approximate surface area is 205 Å². The van der Waals surface area contributed by atoms with Crippen LogP contribution in [0.25, 0.3) is 0 Å². The third-order valence-corrected chi connectivity index (χ3v) is 6.12. The minimum atomic E-state index is -1.11. The van der Waals surface area contributed by atoms with Crippen molar-refractivity contribution in [1.29, 1.82) is 0 Å². The fraction of sp³-hybridized carbons (Fsp3) is 0.846. The first-order chi connectivity index (χ1) is 16.4. The summed E-state index contributed by atoms with van der Waals surface area (Å²) in [6.45, 7) is 0. The standard InChI is InChI=1S/C26H48N2O6/c1-27-23(29)21-20-22(26(33)34)28-24(30)18-16-14-12-10-8-6-4-2-3-5-7-9-11-13-15-17-19-25(31)32/h22H,2-21H2,1H3,(H,27,29)(H,28,30)(H,31,32)(H,33,34). The Kier molecular flexibility index (Phi) is 21.2. The van der Waals surface area contributed by atoms with Gasteiger partial charge in [-0.2, -0.15) is 0 Å². The highest BCUT2D eigenvalue weighted by molar-refractivity contribution is 5.84. The Morgan fingerprint density at radius 2 is 0.941 bits per heavy atom. The van der Waals surface area contributed by atoms with Gasteiger partial charge in [-0.15, -0.1) is 0 Å². The molecule has 0 aliphatic heterocycles. The summed E-state index contributed by atoms with van der Waals surface area (Å²) in [6, 6.07) is -1.01. The Bertz CT molecular complexity index is 567. The summed E-state index contributed by atoms with van der Waals surface area (Å²) in [4.78, 5) is 44.9. The predicted octanol–water partition coefficient (Wildman–Crippen LogP) is 5.19. The number of nitrogens with one attached hydrogen (secondary N) is 2. The highest BCUT2D eigenvalue weighted by Crippen LogP contribution is 2.14. The van der Waals surface area contributed by atoms with Crippen LogP contribution < -0.4 is 10.6 Å². The van der Waals surface area contributed by atoms with Gasteiger partial charge in [-0.25, -0.2) is 4.79 Å². The number of rotatable bonds is 24. The van der Waals surface area contributed by atoms with Crippen LogP contribution in [0.4, 0.5) is 0 Å². The summed E-state index contributed by atoms with van der Waals surface area (Å²) < 4.78 is 0. The number of carbonyl (C=O) groups excluding carboxylic acids is 2. The minimum absolute atomic E-state index is 0.0747. The van der Waals surface area contributed by atoms with Crippen LogP contribution in [0.5, 0.6) is 0 Å². The van der Waals surface area contributed by atoms with E-state index in [1.165, 1.54) is 71.3 Å². The van der Waals surface area contributed by atoms with Gasteiger partial charge in [-0.3, -0.25) is 14.4 Å². The van der Waals surface area contributed by atoms with Crippen molar-refractivity contribution in [2.45, 2.75) is 134 Å². The molecule has 0 aromatic carbocycles. The lowest BCUT2D eigenvalue weighted by Crippen LogP contribution is -2.41. The van der Waals surface area contributed by atoms with E-state index >= 15 is 0 Å². The van der Waals surface area contributed by atoms with Crippen molar-refractivity contribution in [2.24, 2.45) is 0 Å². The van der Waals surface area contributed by atoms with Crippen LogP contribution in [0.2, 0.25) is 0 Å². The lowest BCUT2D eigenvalue weighted by atomic mass is 10.0. The summed E-state index contributed by atoms with van der Waals surface area (Å²) in [5.41, 5.74) is 0. The first kappa shape index (κ1) is 31.9. The average molecular weight is 485 g/mol. The maximum Gasteiger partial charge on any atom is 0.326 e. The van der Waals surface area contributed by atoms with Gasteiger partial charge in [0.25, 0.3) is 0 Å². The number of aliphatic carboxylic acids is 2. The molecular formula is C26H48N2O6. The molecular weight excluding hydrogens is 436 g/mol. The molecule has 0 rings (SSSR count). The molecule has 2 amide bonds. The quantitative estimate of drug-likeness (QED) is 0.139. The molecule has 0 radical (unpaired) electrons. The molecule has 0 saturated carbocycles. The molecule has 8 heteroatoms. The minimum Gasteiger partial charge on any atom is -0.481 e. The van der Waals surface area contributed by atoms with E-state index in [1.807, 2.05) is 0 Å². The summed E-state index contributed by atoms with van der Waals surface area (Å²) in [5, 5.41) is 22.7. The second-order valence-electron chi connectivity index (χ2n) is 9.22. The zero-order valence-electron chi connectivity index (χ0n) is 21.2. The van der Waals surface area contributed by atoms with E-state index in [0.29, 0.717) is 12.8 Å². The maximum absolute atomic E-state index is 12.0. The topological polar surface area (TPSA) is 133 Å². The Morgan fingerprint density at radius 1 is 0.559 bits per heavy atom. The molecule has 0 aliphatic rings. The van der Waals surface area contributed by atoms with Crippen LogP contribution in [-0.4, -0.2) is 47.1 Å². The Hall–Kier alpha value is -2.12. The van der Waals surface area contributed by atoms with E-state index in [2.05, 4.69) is 10.6 Å². The molecule has 0 saturated heterocycles. The molecule has 0 aromatic rings. The SMILES string of the molecule is CNC(=O)CCC(NC(=O)CCCCCCCCCCCCCCCCCCC(=O)O)C(=O)O. The van der Waals surface area contributed by atoms with E-state index < -0.39 is 18.0 Å². The summed E-state index contributed by atoms with van der Waals surface area (Å²) in [5.74, 6) is -2.30. The van der Waals surface area contributed by atoms with Gasteiger partial charge < -0.3 is 20.8 Å². The van der Waals surface area contributed by atoms with Crippen molar-refractivity contribution in [2.75, 3.05) is 7.05 Å². The molecule has 0 aromatic heterocycles. The smallest absolute Gasteiger partial charge is 0.326 e. The van der Waals surface area contributed by atoms with Crippen LogP contribution in [0.15, 0.2) is 0 Å². The largest absolute Gasteiger partial charge is 0.481 e. The van der Waals surface area contributed by atoms with Gasteiger partial charge in [-0.1, -0.05) is 89.9 Å². The number of carbonyl (C=O) groups is 4. The molecule has 0 fully saturated rings. The van der Waals surface area contributed by atoms with E-state index in [-0.39, 0.29) is 24.7 Å². The Balaban J connectivity index is 3.43. The second kappa shape index (κ2) is 22.7. The molecule has 0 bridgehead atoms. The first-order valence-corrected chi connectivity index (χ1v) is 13.3. The van der Waals surface area contributed by atoms with Crippen molar-refractivity contribution in [3.8, 4) is 0 Å². The molecule has 0 spiro atoms. The Morgan fingerprint density at radius 3 is 1.29 bits per heavy atom. The van der Waals surface area contributed by atoms with Crippen LogP contribution in [0, 0.1) is 0 Å².